The highest BCUT2D eigenvalue weighted by Crippen LogP contribution is 2.24. The molecule has 2 atom stereocenters. The molecule has 0 spiro atoms. The van der Waals surface area contributed by atoms with Gasteiger partial charge in [0.2, 0.25) is 0 Å². The number of nitrogens with one attached hydrogen (secondary N) is 1. The molecule has 0 aromatic carbocycles. The number of piperazine rings is 1. The third-order valence-corrected chi connectivity index (χ3v) is 5.09. The van der Waals surface area contributed by atoms with Crippen LogP contribution >= 0.6 is 0 Å². The first kappa shape index (κ1) is 16.3. The maximum absolute atomic E-state index is 3.76. The lowest BCUT2D eigenvalue weighted by Gasteiger charge is -2.39. The van der Waals surface area contributed by atoms with Gasteiger partial charge in [-0.15, -0.1) is 0 Å². The van der Waals surface area contributed by atoms with Crippen molar-refractivity contribution >= 4 is 0 Å². The van der Waals surface area contributed by atoms with Crippen LogP contribution in [-0.2, 0) is 0 Å². The van der Waals surface area contributed by atoms with Crippen molar-refractivity contribution in [3.63, 3.8) is 0 Å². The Balaban J connectivity index is 1.77. The van der Waals surface area contributed by atoms with Crippen LogP contribution in [0.5, 0.6) is 0 Å². The highest BCUT2D eigenvalue weighted by atomic mass is 15.3. The summed E-state index contributed by atoms with van der Waals surface area (Å²) in [4.78, 5) is 5.41. The summed E-state index contributed by atoms with van der Waals surface area (Å²) in [7, 11) is 0. The van der Waals surface area contributed by atoms with Crippen molar-refractivity contribution in [1.29, 1.82) is 0 Å². The molecule has 2 aliphatic heterocycles. The Labute approximate surface area is 126 Å². The predicted molar refractivity (Wildman–Crippen MR) is 87.2 cm³/mol. The van der Waals surface area contributed by atoms with Gasteiger partial charge in [0, 0.05) is 31.7 Å². The van der Waals surface area contributed by atoms with Gasteiger partial charge in [-0.2, -0.15) is 0 Å². The number of nitrogens with zero attached hydrogens (tertiary/aromatic N) is 2. The zero-order valence-electron chi connectivity index (χ0n) is 14.1. The zero-order chi connectivity index (χ0) is 14.6. The molecule has 3 nitrogen and oxygen atoms in total. The van der Waals surface area contributed by atoms with E-state index >= 15 is 0 Å². The molecular formula is C17H35N3. The maximum atomic E-state index is 3.76. The lowest BCUT2D eigenvalue weighted by atomic mass is 9.84. The summed E-state index contributed by atoms with van der Waals surface area (Å²) < 4.78 is 0. The lowest BCUT2D eigenvalue weighted by Crippen LogP contribution is -2.51. The Morgan fingerprint density at radius 1 is 1.20 bits per heavy atom. The fourth-order valence-electron chi connectivity index (χ4n) is 3.73. The second-order valence-electron chi connectivity index (χ2n) is 7.79. The molecule has 2 heterocycles. The van der Waals surface area contributed by atoms with E-state index in [1.54, 1.807) is 0 Å². The van der Waals surface area contributed by atoms with Crippen molar-refractivity contribution in [3.05, 3.63) is 0 Å². The van der Waals surface area contributed by atoms with Crippen molar-refractivity contribution in [1.82, 2.24) is 15.1 Å². The van der Waals surface area contributed by atoms with Gasteiger partial charge in [0.05, 0.1) is 0 Å². The van der Waals surface area contributed by atoms with E-state index in [4.69, 9.17) is 0 Å². The van der Waals surface area contributed by atoms with E-state index in [0.717, 1.165) is 12.6 Å². The van der Waals surface area contributed by atoms with Crippen molar-refractivity contribution in [2.75, 3.05) is 39.3 Å². The van der Waals surface area contributed by atoms with Gasteiger partial charge in [-0.05, 0) is 50.7 Å². The molecular weight excluding hydrogens is 246 g/mol. The molecule has 3 heteroatoms. The third kappa shape index (κ3) is 4.44. The van der Waals surface area contributed by atoms with E-state index in [-0.39, 0.29) is 0 Å². The molecule has 0 aromatic rings. The van der Waals surface area contributed by atoms with Crippen LogP contribution in [0.25, 0.3) is 0 Å². The molecule has 0 amide bonds. The van der Waals surface area contributed by atoms with Crippen LogP contribution in [0.3, 0.4) is 0 Å². The molecule has 2 unspecified atom stereocenters. The van der Waals surface area contributed by atoms with Gasteiger partial charge in [0.25, 0.3) is 0 Å². The van der Waals surface area contributed by atoms with E-state index in [0.29, 0.717) is 11.5 Å². The van der Waals surface area contributed by atoms with Crippen LogP contribution in [0.4, 0.5) is 0 Å². The molecule has 2 saturated heterocycles. The number of fused-ring (bicyclic) bond motifs is 1. The van der Waals surface area contributed by atoms with Crippen LogP contribution in [0, 0.1) is 5.41 Å². The van der Waals surface area contributed by atoms with Gasteiger partial charge in [0.1, 0.15) is 0 Å². The molecule has 2 aliphatic rings. The van der Waals surface area contributed by atoms with Crippen molar-refractivity contribution in [2.45, 2.75) is 65.5 Å². The first-order valence-electron chi connectivity index (χ1n) is 8.70. The molecule has 0 aliphatic carbocycles. The first-order chi connectivity index (χ1) is 9.50. The second kappa shape index (κ2) is 7.24. The number of hydrogen-bond acceptors (Lipinski definition) is 3. The SMILES string of the molecule is CCCNC(CCN1CCN2CCCC2C1)C(C)(C)C. The van der Waals surface area contributed by atoms with Crippen molar-refractivity contribution in [3.8, 4) is 0 Å². The molecule has 118 valence electrons. The summed E-state index contributed by atoms with van der Waals surface area (Å²) in [5, 5.41) is 3.76. The van der Waals surface area contributed by atoms with E-state index in [1.807, 2.05) is 0 Å². The maximum Gasteiger partial charge on any atom is 0.0224 e. The van der Waals surface area contributed by atoms with Gasteiger partial charge in [-0.1, -0.05) is 27.7 Å². The Hall–Kier alpha value is -0.120. The predicted octanol–water partition coefficient (Wildman–Crippen LogP) is 2.57. The fourth-order valence-corrected chi connectivity index (χ4v) is 3.73. The molecule has 0 aromatic heterocycles. The summed E-state index contributed by atoms with van der Waals surface area (Å²) in [6, 6.07) is 1.50. The number of rotatable bonds is 6. The summed E-state index contributed by atoms with van der Waals surface area (Å²) in [5.41, 5.74) is 0.365. The summed E-state index contributed by atoms with van der Waals surface area (Å²) in [6.45, 7) is 17.0. The molecule has 2 fully saturated rings. The van der Waals surface area contributed by atoms with Gasteiger partial charge < -0.3 is 10.2 Å². The monoisotopic (exact) mass is 281 g/mol. The number of hydrogen-bond donors (Lipinski definition) is 1. The molecule has 1 N–H and O–H groups in total. The molecule has 0 bridgehead atoms. The normalized spacial score (nSPS) is 26.7. The highest BCUT2D eigenvalue weighted by Gasteiger charge is 2.31. The van der Waals surface area contributed by atoms with Crippen LogP contribution in [0.15, 0.2) is 0 Å². The van der Waals surface area contributed by atoms with E-state index in [1.165, 1.54) is 58.4 Å². The minimum Gasteiger partial charge on any atom is -0.313 e. The Morgan fingerprint density at radius 2 is 2.00 bits per heavy atom. The molecule has 2 rings (SSSR count). The molecule has 0 radical (unpaired) electrons. The van der Waals surface area contributed by atoms with Crippen LogP contribution < -0.4 is 5.32 Å². The van der Waals surface area contributed by atoms with Crippen LogP contribution in [0.2, 0.25) is 0 Å². The largest absolute Gasteiger partial charge is 0.313 e. The Kier molecular flexibility index (Phi) is 5.88. The average molecular weight is 281 g/mol. The topological polar surface area (TPSA) is 18.5 Å². The smallest absolute Gasteiger partial charge is 0.0224 e. The van der Waals surface area contributed by atoms with Crippen LogP contribution in [0.1, 0.15) is 53.4 Å². The Bertz CT molecular complexity index is 284. The summed E-state index contributed by atoms with van der Waals surface area (Å²) in [5.74, 6) is 0. The van der Waals surface area contributed by atoms with E-state index in [9.17, 15) is 0 Å². The van der Waals surface area contributed by atoms with Gasteiger partial charge in [-0.3, -0.25) is 4.90 Å². The average Bonchev–Trinajstić information content (AvgIpc) is 2.84. The summed E-state index contributed by atoms with van der Waals surface area (Å²) >= 11 is 0. The Morgan fingerprint density at radius 3 is 2.70 bits per heavy atom. The molecule has 20 heavy (non-hydrogen) atoms. The quantitative estimate of drug-likeness (QED) is 0.807. The standard InChI is InChI=1S/C17H35N3/c1-5-9-18-16(17(2,3)4)8-11-19-12-13-20-10-6-7-15(20)14-19/h15-16,18H,5-14H2,1-4H3. The van der Waals surface area contributed by atoms with Gasteiger partial charge in [-0.25, -0.2) is 0 Å². The van der Waals surface area contributed by atoms with Gasteiger partial charge in [0.15, 0.2) is 0 Å². The van der Waals surface area contributed by atoms with Crippen LogP contribution in [-0.4, -0.2) is 61.2 Å². The molecule has 0 saturated carbocycles. The third-order valence-electron chi connectivity index (χ3n) is 5.09. The zero-order valence-corrected chi connectivity index (χ0v) is 14.1. The lowest BCUT2D eigenvalue weighted by molar-refractivity contribution is 0.0956. The highest BCUT2D eigenvalue weighted by molar-refractivity contribution is 4.88. The second-order valence-corrected chi connectivity index (χ2v) is 7.79. The van der Waals surface area contributed by atoms with E-state index < -0.39 is 0 Å². The van der Waals surface area contributed by atoms with Crippen molar-refractivity contribution in [2.24, 2.45) is 5.41 Å². The summed E-state index contributed by atoms with van der Waals surface area (Å²) in [6.07, 6.45) is 5.36. The minimum absolute atomic E-state index is 0.365. The fraction of sp³-hybridized carbons (Fsp3) is 1.00. The minimum atomic E-state index is 0.365. The van der Waals surface area contributed by atoms with E-state index in [2.05, 4.69) is 42.8 Å². The first-order valence-corrected chi connectivity index (χ1v) is 8.70. The van der Waals surface area contributed by atoms with Gasteiger partial charge >= 0.3 is 0 Å². The van der Waals surface area contributed by atoms with Crippen molar-refractivity contribution < 1.29 is 0 Å².